The Morgan fingerprint density at radius 2 is 1.61 bits per heavy atom. The van der Waals surface area contributed by atoms with Gasteiger partial charge in [0.05, 0.1) is 19.9 Å². The van der Waals surface area contributed by atoms with E-state index in [0.717, 1.165) is 33.5 Å². The maximum absolute atomic E-state index is 12.4. The molecule has 0 saturated heterocycles. The highest BCUT2D eigenvalue weighted by Gasteiger charge is 2.08. The normalized spacial score (nSPS) is 10.4. The van der Waals surface area contributed by atoms with E-state index in [0.29, 0.717) is 11.3 Å². The van der Waals surface area contributed by atoms with Crippen LogP contribution in [0.4, 0.5) is 16.5 Å². The van der Waals surface area contributed by atoms with Gasteiger partial charge < -0.3 is 20.1 Å². The summed E-state index contributed by atoms with van der Waals surface area (Å²) in [5.41, 5.74) is 4.03. The number of rotatable bonds is 7. The average Bonchev–Trinajstić information content (AvgIpc) is 3.28. The number of ether oxygens (including phenoxy) is 2. The van der Waals surface area contributed by atoms with Crippen molar-refractivity contribution < 1.29 is 14.3 Å². The summed E-state index contributed by atoms with van der Waals surface area (Å²) in [5, 5.41) is 8.98. The summed E-state index contributed by atoms with van der Waals surface area (Å²) in [6, 6.07) is 22.3. The number of carbonyl (C=O) groups excluding carboxylic acids is 1. The SMILES string of the molecule is COc1ccc(C(=O)Nc2ccc(-c3csc(Nc4cccc(OC)c4)n3)cc2)cc1. The van der Waals surface area contributed by atoms with E-state index in [1.54, 1.807) is 38.5 Å². The van der Waals surface area contributed by atoms with Crippen LogP contribution in [0.1, 0.15) is 10.4 Å². The molecule has 1 amide bonds. The van der Waals surface area contributed by atoms with E-state index in [1.807, 2.05) is 53.9 Å². The van der Waals surface area contributed by atoms with Crippen LogP contribution in [0.15, 0.2) is 78.2 Å². The molecule has 0 unspecified atom stereocenters. The summed E-state index contributed by atoms with van der Waals surface area (Å²) < 4.78 is 10.4. The van der Waals surface area contributed by atoms with Crippen molar-refractivity contribution in [3.05, 3.63) is 83.7 Å². The Kier molecular flexibility index (Phi) is 6.14. The summed E-state index contributed by atoms with van der Waals surface area (Å²) in [6.07, 6.45) is 0. The third-order valence-electron chi connectivity index (χ3n) is 4.62. The van der Waals surface area contributed by atoms with Crippen LogP contribution in [0, 0.1) is 0 Å². The fourth-order valence-electron chi connectivity index (χ4n) is 2.96. The molecule has 6 nitrogen and oxygen atoms in total. The van der Waals surface area contributed by atoms with Crippen LogP contribution in [0.3, 0.4) is 0 Å². The molecule has 0 aliphatic heterocycles. The highest BCUT2D eigenvalue weighted by Crippen LogP contribution is 2.29. The molecule has 31 heavy (non-hydrogen) atoms. The number of thiazole rings is 1. The van der Waals surface area contributed by atoms with Crippen LogP contribution in [0.2, 0.25) is 0 Å². The molecule has 4 rings (SSSR count). The van der Waals surface area contributed by atoms with E-state index in [9.17, 15) is 4.79 Å². The zero-order valence-electron chi connectivity index (χ0n) is 17.1. The van der Waals surface area contributed by atoms with Gasteiger partial charge in [-0.15, -0.1) is 11.3 Å². The van der Waals surface area contributed by atoms with Gasteiger partial charge in [-0.3, -0.25) is 4.79 Å². The van der Waals surface area contributed by atoms with Gasteiger partial charge in [-0.05, 0) is 48.5 Å². The van der Waals surface area contributed by atoms with Gasteiger partial charge in [0.1, 0.15) is 11.5 Å². The first-order chi connectivity index (χ1) is 15.1. The number of aromatic nitrogens is 1. The predicted molar refractivity (Wildman–Crippen MR) is 125 cm³/mol. The van der Waals surface area contributed by atoms with Gasteiger partial charge in [0.15, 0.2) is 5.13 Å². The Morgan fingerprint density at radius 3 is 2.32 bits per heavy atom. The number of nitrogens with zero attached hydrogens (tertiary/aromatic N) is 1. The lowest BCUT2D eigenvalue weighted by Crippen LogP contribution is -2.11. The third-order valence-corrected chi connectivity index (χ3v) is 5.37. The number of benzene rings is 3. The lowest BCUT2D eigenvalue weighted by Gasteiger charge is -2.07. The Bertz CT molecular complexity index is 1170. The first-order valence-electron chi connectivity index (χ1n) is 9.57. The molecule has 0 saturated carbocycles. The third kappa shape index (κ3) is 5.02. The largest absolute Gasteiger partial charge is 0.497 e. The summed E-state index contributed by atoms with van der Waals surface area (Å²) in [6.45, 7) is 0. The maximum atomic E-state index is 12.4. The molecule has 2 N–H and O–H groups in total. The maximum Gasteiger partial charge on any atom is 0.255 e. The van der Waals surface area contributed by atoms with Crippen LogP contribution in [0.5, 0.6) is 11.5 Å². The standard InChI is InChI=1S/C24H21N3O3S/c1-29-20-12-8-17(9-13-20)23(28)25-18-10-6-16(7-11-18)22-15-31-24(27-22)26-19-4-3-5-21(14-19)30-2/h3-15H,1-2H3,(H,25,28)(H,26,27). The number of amides is 1. The Morgan fingerprint density at radius 1 is 0.871 bits per heavy atom. The fourth-order valence-corrected chi connectivity index (χ4v) is 3.70. The van der Waals surface area contributed by atoms with E-state index in [2.05, 4.69) is 15.6 Å². The molecule has 1 aromatic heterocycles. The average molecular weight is 432 g/mol. The molecule has 0 spiro atoms. The first-order valence-corrected chi connectivity index (χ1v) is 10.4. The molecule has 0 fully saturated rings. The highest BCUT2D eigenvalue weighted by molar-refractivity contribution is 7.14. The zero-order valence-corrected chi connectivity index (χ0v) is 17.9. The summed E-state index contributed by atoms with van der Waals surface area (Å²) in [7, 11) is 3.24. The second kappa shape index (κ2) is 9.32. The number of hydrogen-bond acceptors (Lipinski definition) is 6. The number of methoxy groups -OCH3 is 2. The van der Waals surface area contributed by atoms with E-state index in [1.165, 1.54) is 11.3 Å². The van der Waals surface area contributed by atoms with Gasteiger partial charge in [-0.1, -0.05) is 18.2 Å². The zero-order chi connectivity index (χ0) is 21.6. The predicted octanol–water partition coefficient (Wildman–Crippen LogP) is 5.82. The second-order valence-electron chi connectivity index (χ2n) is 6.65. The van der Waals surface area contributed by atoms with Crippen LogP contribution in [-0.2, 0) is 0 Å². The number of hydrogen-bond donors (Lipinski definition) is 2. The molecule has 0 radical (unpaired) electrons. The van der Waals surface area contributed by atoms with Gasteiger partial charge in [-0.25, -0.2) is 4.98 Å². The van der Waals surface area contributed by atoms with Gasteiger partial charge in [-0.2, -0.15) is 0 Å². The minimum absolute atomic E-state index is 0.172. The van der Waals surface area contributed by atoms with Crippen molar-refractivity contribution >= 4 is 33.8 Å². The van der Waals surface area contributed by atoms with Crippen LogP contribution >= 0.6 is 11.3 Å². The molecule has 3 aromatic carbocycles. The smallest absolute Gasteiger partial charge is 0.255 e. The molecule has 0 aliphatic carbocycles. The van der Waals surface area contributed by atoms with Gasteiger partial charge >= 0.3 is 0 Å². The van der Waals surface area contributed by atoms with Crippen LogP contribution in [-0.4, -0.2) is 25.1 Å². The number of anilines is 3. The monoisotopic (exact) mass is 431 g/mol. The Labute approximate surface area is 184 Å². The van der Waals surface area contributed by atoms with Crippen molar-refractivity contribution in [3.63, 3.8) is 0 Å². The second-order valence-corrected chi connectivity index (χ2v) is 7.51. The molecule has 0 aliphatic rings. The van der Waals surface area contributed by atoms with Crippen molar-refractivity contribution in [2.24, 2.45) is 0 Å². The minimum atomic E-state index is -0.172. The van der Waals surface area contributed by atoms with Crippen molar-refractivity contribution in [1.29, 1.82) is 0 Å². The van der Waals surface area contributed by atoms with Crippen molar-refractivity contribution in [2.45, 2.75) is 0 Å². The molecular weight excluding hydrogens is 410 g/mol. The molecule has 0 bridgehead atoms. The van der Waals surface area contributed by atoms with Gasteiger partial charge in [0, 0.05) is 33.9 Å². The summed E-state index contributed by atoms with van der Waals surface area (Å²) in [4.78, 5) is 17.1. The van der Waals surface area contributed by atoms with Crippen LogP contribution < -0.4 is 20.1 Å². The fraction of sp³-hybridized carbons (Fsp3) is 0.0833. The van der Waals surface area contributed by atoms with E-state index in [4.69, 9.17) is 9.47 Å². The quantitative estimate of drug-likeness (QED) is 0.386. The minimum Gasteiger partial charge on any atom is -0.497 e. The molecular formula is C24H21N3O3S. The van der Waals surface area contributed by atoms with E-state index in [-0.39, 0.29) is 5.91 Å². The molecule has 0 atom stereocenters. The number of carbonyl (C=O) groups is 1. The lowest BCUT2D eigenvalue weighted by molar-refractivity contribution is 0.102. The molecule has 1 heterocycles. The molecule has 7 heteroatoms. The van der Waals surface area contributed by atoms with Crippen molar-refractivity contribution in [2.75, 3.05) is 24.9 Å². The molecule has 4 aromatic rings. The molecule has 156 valence electrons. The topological polar surface area (TPSA) is 72.5 Å². The van der Waals surface area contributed by atoms with Gasteiger partial charge in [0.2, 0.25) is 0 Å². The Hall–Kier alpha value is -3.84. The van der Waals surface area contributed by atoms with Crippen LogP contribution in [0.25, 0.3) is 11.3 Å². The summed E-state index contributed by atoms with van der Waals surface area (Å²) >= 11 is 1.52. The number of nitrogens with one attached hydrogen (secondary N) is 2. The van der Waals surface area contributed by atoms with Gasteiger partial charge in [0.25, 0.3) is 5.91 Å². The van der Waals surface area contributed by atoms with E-state index < -0.39 is 0 Å². The highest BCUT2D eigenvalue weighted by atomic mass is 32.1. The Balaban J connectivity index is 1.41. The van der Waals surface area contributed by atoms with Crippen molar-refractivity contribution in [3.8, 4) is 22.8 Å². The lowest BCUT2D eigenvalue weighted by atomic mass is 10.1. The summed E-state index contributed by atoms with van der Waals surface area (Å²) in [5.74, 6) is 1.33. The van der Waals surface area contributed by atoms with Crippen molar-refractivity contribution in [1.82, 2.24) is 4.98 Å². The van der Waals surface area contributed by atoms with E-state index >= 15 is 0 Å². The first kappa shape index (κ1) is 20.4.